The molecule has 1 aromatic carbocycles. The number of thiophene rings is 1. The summed E-state index contributed by atoms with van der Waals surface area (Å²) in [5, 5.41) is 13.2. The Bertz CT molecular complexity index is 1080. The highest BCUT2D eigenvalue weighted by Crippen LogP contribution is 2.36. The highest BCUT2D eigenvalue weighted by atomic mass is 35.5. The van der Waals surface area contributed by atoms with Crippen LogP contribution in [0.4, 0.5) is 10.2 Å². The van der Waals surface area contributed by atoms with Crippen molar-refractivity contribution >= 4 is 34.5 Å². The number of ketones is 1. The number of nitrogens with zero attached hydrogens (tertiary/aromatic N) is 2. The average Bonchev–Trinajstić information content (AvgIpc) is 3.33. The number of alkyl halides is 1. The van der Waals surface area contributed by atoms with Crippen molar-refractivity contribution in [2.45, 2.75) is 32.0 Å². The summed E-state index contributed by atoms with van der Waals surface area (Å²) < 4.78 is 14.7. The van der Waals surface area contributed by atoms with Crippen molar-refractivity contribution in [1.29, 1.82) is 0 Å². The number of halogens is 2. The maximum absolute atomic E-state index is 14.7. The standard InChI is InChI=1S/C23H23ClFN3O2S/c1-13-15(11-29)9-19(21(13)25)28-23-18(10-26-12-27-23)22(30)20-6-5-17(31-20)8-14-3-2-4-16(24)7-14/h2-7,10,12-13,15,19,21,29H,8-9,11H2,1H3,(H,26,27,28)/t13-,15-,19-,21+/m1/s1. The minimum atomic E-state index is -1.12. The Labute approximate surface area is 189 Å². The number of rotatable bonds is 7. The molecule has 3 aromatic rings. The second kappa shape index (κ2) is 9.42. The van der Waals surface area contributed by atoms with Crippen molar-refractivity contribution in [1.82, 2.24) is 9.97 Å². The van der Waals surface area contributed by atoms with Crippen LogP contribution in [0.25, 0.3) is 0 Å². The van der Waals surface area contributed by atoms with Gasteiger partial charge >= 0.3 is 0 Å². The number of nitrogens with one attached hydrogen (secondary N) is 1. The smallest absolute Gasteiger partial charge is 0.208 e. The molecule has 0 spiro atoms. The highest BCUT2D eigenvalue weighted by Gasteiger charge is 2.41. The zero-order valence-electron chi connectivity index (χ0n) is 17.0. The summed E-state index contributed by atoms with van der Waals surface area (Å²) >= 11 is 7.47. The van der Waals surface area contributed by atoms with Crippen molar-refractivity contribution in [3.05, 3.63) is 74.8 Å². The van der Waals surface area contributed by atoms with Crippen molar-refractivity contribution in [3.8, 4) is 0 Å². The van der Waals surface area contributed by atoms with Gasteiger partial charge in [-0.25, -0.2) is 14.4 Å². The van der Waals surface area contributed by atoms with Crippen LogP contribution in [0.1, 0.15) is 39.0 Å². The third-order valence-electron chi connectivity index (χ3n) is 5.85. The third-order valence-corrected chi connectivity index (χ3v) is 7.17. The zero-order chi connectivity index (χ0) is 22.0. The number of hydrogen-bond donors (Lipinski definition) is 2. The first-order valence-corrected chi connectivity index (χ1v) is 11.3. The van der Waals surface area contributed by atoms with Gasteiger partial charge in [-0.3, -0.25) is 4.79 Å². The Hall–Kier alpha value is -2.35. The molecule has 1 fully saturated rings. The molecule has 5 nitrogen and oxygen atoms in total. The summed E-state index contributed by atoms with van der Waals surface area (Å²) in [4.78, 5) is 23.0. The molecule has 0 aliphatic heterocycles. The van der Waals surface area contributed by atoms with Crippen molar-refractivity contribution in [3.63, 3.8) is 0 Å². The van der Waals surface area contributed by atoms with Crippen LogP contribution in [0.3, 0.4) is 0 Å². The average molecular weight is 460 g/mol. The Morgan fingerprint density at radius 2 is 2.19 bits per heavy atom. The van der Waals surface area contributed by atoms with Gasteiger partial charge in [-0.1, -0.05) is 30.7 Å². The number of aliphatic hydroxyl groups is 1. The predicted molar refractivity (Wildman–Crippen MR) is 121 cm³/mol. The van der Waals surface area contributed by atoms with E-state index >= 15 is 0 Å². The van der Waals surface area contributed by atoms with Gasteiger partial charge in [-0.2, -0.15) is 0 Å². The number of aromatic nitrogens is 2. The van der Waals surface area contributed by atoms with E-state index < -0.39 is 12.2 Å². The van der Waals surface area contributed by atoms with Gasteiger partial charge in [0.25, 0.3) is 0 Å². The minimum absolute atomic E-state index is 0.0556. The van der Waals surface area contributed by atoms with E-state index in [0.29, 0.717) is 34.1 Å². The van der Waals surface area contributed by atoms with Crippen molar-refractivity contribution in [2.24, 2.45) is 11.8 Å². The van der Waals surface area contributed by atoms with Crippen LogP contribution in [-0.2, 0) is 6.42 Å². The molecule has 31 heavy (non-hydrogen) atoms. The lowest BCUT2D eigenvalue weighted by molar-refractivity contribution is 0.104. The van der Waals surface area contributed by atoms with E-state index in [9.17, 15) is 14.3 Å². The van der Waals surface area contributed by atoms with Gasteiger partial charge in [0.15, 0.2) is 0 Å². The molecule has 2 aromatic heterocycles. The van der Waals surface area contributed by atoms with E-state index in [0.717, 1.165) is 10.4 Å². The van der Waals surface area contributed by atoms with Crippen LogP contribution >= 0.6 is 22.9 Å². The van der Waals surface area contributed by atoms with Gasteiger partial charge < -0.3 is 10.4 Å². The molecule has 2 N–H and O–H groups in total. The molecular weight excluding hydrogens is 437 g/mol. The Morgan fingerprint density at radius 3 is 2.94 bits per heavy atom. The molecule has 0 unspecified atom stereocenters. The normalized spacial score (nSPS) is 23.1. The van der Waals surface area contributed by atoms with Crippen molar-refractivity contribution < 1.29 is 14.3 Å². The van der Waals surface area contributed by atoms with Gasteiger partial charge in [-0.15, -0.1) is 11.3 Å². The minimum Gasteiger partial charge on any atom is -0.396 e. The fourth-order valence-corrected chi connectivity index (χ4v) is 5.25. The van der Waals surface area contributed by atoms with E-state index in [4.69, 9.17) is 11.6 Å². The SMILES string of the molecule is C[C@@H]1[C@@H](CO)C[C@@H](Nc2ncncc2C(=O)c2ccc(Cc3cccc(Cl)c3)s2)[C@H]1F. The van der Waals surface area contributed by atoms with Crippen LogP contribution in [-0.4, -0.2) is 39.7 Å². The Balaban J connectivity index is 1.52. The number of aliphatic hydroxyl groups excluding tert-OH is 1. The largest absolute Gasteiger partial charge is 0.396 e. The number of carbonyl (C=O) groups excluding carboxylic acids is 1. The lowest BCUT2D eigenvalue weighted by Crippen LogP contribution is -2.29. The maximum Gasteiger partial charge on any atom is 0.208 e. The molecule has 162 valence electrons. The van der Waals surface area contributed by atoms with Crippen molar-refractivity contribution in [2.75, 3.05) is 11.9 Å². The van der Waals surface area contributed by atoms with Gasteiger partial charge in [0, 0.05) is 29.1 Å². The highest BCUT2D eigenvalue weighted by molar-refractivity contribution is 7.14. The van der Waals surface area contributed by atoms with E-state index in [1.165, 1.54) is 23.9 Å². The molecule has 1 aliphatic carbocycles. The molecule has 4 atom stereocenters. The zero-order valence-corrected chi connectivity index (χ0v) is 18.5. The first-order valence-electron chi connectivity index (χ1n) is 10.2. The second-order valence-corrected chi connectivity index (χ2v) is 9.52. The molecule has 8 heteroatoms. The van der Waals surface area contributed by atoms with E-state index in [1.54, 1.807) is 13.0 Å². The van der Waals surface area contributed by atoms with Crippen LogP contribution in [0.15, 0.2) is 48.9 Å². The van der Waals surface area contributed by atoms with Gasteiger partial charge in [0.2, 0.25) is 5.78 Å². The summed E-state index contributed by atoms with van der Waals surface area (Å²) in [5.74, 6) is -0.247. The fourth-order valence-electron chi connectivity index (χ4n) is 4.04. The molecule has 4 rings (SSSR count). The van der Waals surface area contributed by atoms with Gasteiger partial charge in [0.1, 0.15) is 18.3 Å². The topological polar surface area (TPSA) is 75.1 Å². The Kier molecular flexibility index (Phi) is 6.65. The lowest BCUT2D eigenvalue weighted by atomic mass is 9.99. The summed E-state index contributed by atoms with van der Waals surface area (Å²) in [6.07, 6.45) is 2.84. The second-order valence-electron chi connectivity index (χ2n) is 7.92. The number of benzene rings is 1. The lowest BCUT2D eigenvalue weighted by Gasteiger charge is -2.18. The summed E-state index contributed by atoms with van der Waals surface area (Å²) in [6.45, 7) is 1.74. The third kappa shape index (κ3) is 4.79. The van der Waals surface area contributed by atoms with E-state index in [1.807, 2.05) is 30.3 Å². The summed E-state index contributed by atoms with van der Waals surface area (Å²) in [6, 6.07) is 10.9. The number of carbonyl (C=O) groups is 1. The molecule has 0 radical (unpaired) electrons. The molecule has 0 bridgehead atoms. The maximum atomic E-state index is 14.7. The molecule has 1 saturated carbocycles. The molecular formula is C23H23ClFN3O2S. The fraction of sp³-hybridized carbons (Fsp3) is 0.348. The quantitative estimate of drug-likeness (QED) is 0.497. The van der Waals surface area contributed by atoms with Crippen LogP contribution in [0.5, 0.6) is 0 Å². The van der Waals surface area contributed by atoms with Crippen LogP contribution in [0.2, 0.25) is 5.02 Å². The number of anilines is 1. The van der Waals surface area contributed by atoms with Crippen LogP contribution in [0, 0.1) is 11.8 Å². The van der Waals surface area contributed by atoms with Gasteiger partial charge in [0.05, 0.1) is 16.5 Å². The first-order chi connectivity index (χ1) is 15.0. The van der Waals surface area contributed by atoms with Crippen LogP contribution < -0.4 is 5.32 Å². The van der Waals surface area contributed by atoms with E-state index in [-0.39, 0.29) is 24.2 Å². The molecule has 0 amide bonds. The van der Waals surface area contributed by atoms with E-state index in [2.05, 4.69) is 15.3 Å². The summed E-state index contributed by atoms with van der Waals surface area (Å²) in [5.41, 5.74) is 1.38. The molecule has 2 heterocycles. The molecule has 0 saturated heterocycles. The molecule has 1 aliphatic rings. The Morgan fingerprint density at radius 1 is 1.35 bits per heavy atom. The predicted octanol–water partition coefficient (Wildman–Crippen LogP) is 4.78. The summed E-state index contributed by atoms with van der Waals surface area (Å²) in [7, 11) is 0. The first kappa shape index (κ1) is 21.9. The number of hydrogen-bond acceptors (Lipinski definition) is 6. The monoisotopic (exact) mass is 459 g/mol. The van der Waals surface area contributed by atoms with Gasteiger partial charge in [-0.05, 0) is 48.1 Å².